The molecule has 1 aliphatic rings. The number of ether oxygens (including phenoxy) is 1. The molecular weight excluding hydrogens is 318 g/mol. The lowest BCUT2D eigenvalue weighted by atomic mass is 10.1. The second kappa shape index (κ2) is 7.07. The lowest BCUT2D eigenvalue weighted by Gasteiger charge is -2.14. The summed E-state index contributed by atoms with van der Waals surface area (Å²) in [7, 11) is 0. The van der Waals surface area contributed by atoms with Gasteiger partial charge in [0.05, 0.1) is 11.0 Å². The fourth-order valence-electron chi connectivity index (χ4n) is 1.88. The van der Waals surface area contributed by atoms with Crippen molar-refractivity contribution in [1.82, 2.24) is 4.90 Å². The summed E-state index contributed by atoms with van der Waals surface area (Å²) in [5.74, 6) is -0.709. The third kappa shape index (κ3) is 4.18. The number of amides is 1. The van der Waals surface area contributed by atoms with E-state index in [2.05, 4.69) is 0 Å². The Morgan fingerprint density at radius 3 is 2.59 bits per heavy atom. The molecule has 0 N–H and O–H groups in total. The molecule has 0 atom stereocenters. The SMILES string of the molecule is Cc1ccc(/C=C2\SC(=S)N(CC(=O)OC(C)C)C2=O)cc1. The summed E-state index contributed by atoms with van der Waals surface area (Å²) in [5, 5.41) is 0. The monoisotopic (exact) mass is 335 g/mol. The molecule has 1 aliphatic heterocycles. The highest BCUT2D eigenvalue weighted by atomic mass is 32.2. The Bertz CT molecular complexity index is 635. The minimum Gasteiger partial charge on any atom is -0.462 e. The largest absolute Gasteiger partial charge is 0.462 e. The number of aryl methyl sites for hydroxylation is 1. The average Bonchev–Trinajstić information content (AvgIpc) is 2.68. The Morgan fingerprint density at radius 2 is 2.00 bits per heavy atom. The zero-order valence-electron chi connectivity index (χ0n) is 12.7. The fraction of sp³-hybridized carbons (Fsp3) is 0.312. The van der Waals surface area contributed by atoms with E-state index >= 15 is 0 Å². The smallest absolute Gasteiger partial charge is 0.326 e. The number of esters is 1. The molecule has 1 saturated heterocycles. The van der Waals surface area contributed by atoms with Crippen LogP contribution >= 0.6 is 24.0 Å². The van der Waals surface area contributed by atoms with E-state index in [4.69, 9.17) is 17.0 Å². The van der Waals surface area contributed by atoms with Gasteiger partial charge in [-0.1, -0.05) is 53.8 Å². The maximum atomic E-state index is 12.4. The number of benzene rings is 1. The Morgan fingerprint density at radius 1 is 1.36 bits per heavy atom. The molecule has 1 amide bonds. The van der Waals surface area contributed by atoms with Gasteiger partial charge in [-0.05, 0) is 32.4 Å². The van der Waals surface area contributed by atoms with Crippen molar-refractivity contribution in [3.05, 3.63) is 40.3 Å². The van der Waals surface area contributed by atoms with Gasteiger partial charge in [0.2, 0.25) is 0 Å². The topological polar surface area (TPSA) is 46.6 Å². The number of carbonyl (C=O) groups excluding carboxylic acids is 2. The van der Waals surface area contributed by atoms with Crippen molar-refractivity contribution in [2.75, 3.05) is 6.54 Å². The van der Waals surface area contributed by atoms with E-state index in [0.29, 0.717) is 9.23 Å². The van der Waals surface area contributed by atoms with Gasteiger partial charge < -0.3 is 4.74 Å². The first-order chi connectivity index (χ1) is 10.4. The highest BCUT2D eigenvalue weighted by Crippen LogP contribution is 2.32. The Kier molecular flexibility index (Phi) is 5.37. The van der Waals surface area contributed by atoms with Crippen molar-refractivity contribution in [2.24, 2.45) is 0 Å². The number of hydrogen-bond acceptors (Lipinski definition) is 5. The number of thiocarbonyl (C=S) groups is 1. The van der Waals surface area contributed by atoms with E-state index in [-0.39, 0.29) is 18.6 Å². The average molecular weight is 335 g/mol. The van der Waals surface area contributed by atoms with Crippen LogP contribution in [0.4, 0.5) is 0 Å². The number of thioether (sulfide) groups is 1. The quantitative estimate of drug-likeness (QED) is 0.480. The van der Waals surface area contributed by atoms with Crippen molar-refractivity contribution < 1.29 is 14.3 Å². The van der Waals surface area contributed by atoms with Crippen LogP contribution in [0.25, 0.3) is 6.08 Å². The Hall–Kier alpha value is -1.66. The summed E-state index contributed by atoms with van der Waals surface area (Å²) in [5.41, 5.74) is 2.08. The standard InChI is InChI=1S/C16H17NO3S2/c1-10(2)20-14(18)9-17-15(19)13(22-16(17)21)8-12-6-4-11(3)5-7-12/h4-8,10H,9H2,1-3H3/b13-8-. The van der Waals surface area contributed by atoms with Crippen LogP contribution in [0.3, 0.4) is 0 Å². The highest BCUT2D eigenvalue weighted by Gasteiger charge is 2.33. The first-order valence-corrected chi connectivity index (χ1v) is 8.11. The van der Waals surface area contributed by atoms with Gasteiger partial charge >= 0.3 is 5.97 Å². The van der Waals surface area contributed by atoms with Crippen LogP contribution < -0.4 is 0 Å². The lowest BCUT2D eigenvalue weighted by molar-refractivity contribution is -0.149. The van der Waals surface area contributed by atoms with E-state index in [1.807, 2.05) is 31.2 Å². The maximum absolute atomic E-state index is 12.4. The normalized spacial score (nSPS) is 16.7. The van der Waals surface area contributed by atoms with Crippen LogP contribution in [0.15, 0.2) is 29.2 Å². The minimum absolute atomic E-state index is 0.145. The molecule has 0 aliphatic carbocycles. The van der Waals surface area contributed by atoms with Gasteiger partial charge in [0.1, 0.15) is 10.9 Å². The van der Waals surface area contributed by atoms with Crippen molar-refractivity contribution in [1.29, 1.82) is 0 Å². The van der Waals surface area contributed by atoms with Crippen molar-refractivity contribution >= 4 is 46.3 Å². The molecule has 22 heavy (non-hydrogen) atoms. The summed E-state index contributed by atoms with van der Waals surface area (Å²) in [6.45, 7) is 5.39. The van der Waals surface area contributed by atoms with Crippen LogP contribution in [-0.4, -0.2) is 33.7 Å². The molecule has 116 valence electrons. The van der Waals surface area contributed by atoms with Gasteiger partial charge in [-0.3, -0.25) is 14.5 Å². The molecule has 0 aromatic heterocycles. The summed E-state index contributed by atoms with van der Waals surface area (Å²) in [6.07, 6.45) is 1.57. The molecule has 1 aromatic rings. The van der Waals surface area contributed by atoms with Crippen molar-refractivity contribution in [3.8, 4) is 0 Å². The second-order valence-corrected chi connectivity index (χ2v) is 6.89. The van der Waals surface area contributed by atoms with E-state index in [9.17, 15) is 9.59 Å². The predicted octanol–water partition coefficient (Wildman–Crippen LogP) is 3.15. The van der Waals surface area contributed by atoms with Crippen LogP contribution in [0.1, 0.15) is 25.0 Å². The van der Waals surface area contributed by atoms with Crippen LogP contribution in [0.5, 0.6) is 0 Å². The van der Waals surface area contributed by atoms with E-state index < -0.39 is 5.97 Å². The highest BCUT2D eigenvalue weighted by molar-refractivity contribution is 8.26. The molecule has 1 heterocycles. The Labute approximate surface area is 139 Å². The summed E-state index contributed by atoms with van der Waals surface area (Å²) in [4.78, 5) is 25.9. The summed E-state index contributed by atoms with van der Waals surface area (Å²) in [6, 6.07) is 7.84. The van der Waals surface area contributed by atoms with E-state index in [1.165, 1.54) is 16.7 Å². The van der Waals surface area contributed by atoms with Gasteiger partial charge in [-0.25, -0.2) is 0 Å². The molecule has 0 saturated carbocycles. The number of rotatable bonds is 4. The molecular formula is C16H17NO3S2. The van der Waals surface area contributed by atoms with Gasteiger partial charge in [0, 0.05) is 0 Å². The molecule has 0 radical (unpaired) electrons. The molecule has 6 heteroatoms. The number of hydrogen-bond donors (Lipinski definition) is 0. The van der Waals surface area contributed by atoms with E-state index in [0.717, 1.165) is 11.1 Å². The van der Waals surface area contributed by atoms with Crippen LogP contribution in [-0.2, 0) is 14.3 Å². The second-order valence-electron chi connectivity index (χ2n) is 5.22. The first-order valence-electron chi connectivity index (χ1n) is 6.88. The molecule has 1 aromatic carbocycles. The van der Waals surface area contributed by atoms with Gasteiger partial charge in [-0.15, -0.1) is 0 Å². The van der Waals surface area contributed by atoms with Crippen molar-refractivity contribution in [2.45, 2.75) is 26.9 Å². The maximum Gasteiger partial charge on any atom is 0.326 e. The third-order valence-corrected chi connectivity index (χ3v) is 4.28. The molecule has 0 bridgehead atoms. The van der Waals surface area contributed by atoms with Gasteiger partial charge in [0.25, 0.3) is 5.91 Å². The fourth-order valence-corrected chi connectivity index (χ4v) is 3.13. The number of carbonyl (C=O) groups is 2. The van der Waals surface area contributed by atoms with Gasteiger partial charge in [0.15, 0.2) is 0 Å². The lowest BCUT2D eigenvalue weighted by Crippen LogP contribution is -2.35. The minimum atomic E-state index is -0.456. The predicted molar refractivity (Wildman–Crippen MR) is 92.3 cm³/mol. The molecule has 4 nitrogen and oxygen atoms in total. The zero-order valence-corrected chi connectivity index (χ0v) is 14.3. The number of nitrogens with zero attached hydrogens (tertiary/aromatic N) is 1. The summed E-state index contributed by atoms with van der Waals surface area (Å²) >= 11 is 6.39. The van der Waals surface area contributed by atoms with Gasteiger partial charge in [-0.2, -0.15) is 0 Å². The molecule has 2 rings (SSSR count). The zero-order chi connectivity index (χ0) is 16.3. The van der Waals surface area contributed by atoms with Crippen molar-refractivity contribution in [3.63, 3.8) is 0 Å². The summed E-state index contributed by atoms with van der Waals surface area (Å²) < 4.78 is 5.43. The first kappa shape index (κ1) is 16.7. The third-order valence-electron chi connectivity index (χ3n) is 2.90. The Balaban J connectivity index is 2.11. The molecule has 0 spiro atoms. The van der Waals surface area contributed by atoms with E-state index in [1.54, 1.807) is 19.9 Å². The van der Waals surface area contributed by atoms with Crippen LogP contribution in [0.2, 0.25) is 0 Å². The van der Waals surface area contributed by atoms with Crippen LogP contribution in [0, 0.1) is 6.92 Å². The molecule has 0 unspecified atom stereocenters. The molecule has 1 fully saturated rings.